The van der Waals surface area contributed by atoms with E-state index in [9.17, 15) is 17.2 Å². The maximum absolute atomic E-state index is 11.9. The van der Waals surface area contributed by atoms with Gasteiger partial charge in [0.2, 0.25) is 0 Å². The highest BCUT2D eigenvalue weighted by molar-refractivity contribution is 7.89. The van der Waals surface area contributed by atoms with Crippen LogP contribution in [0, 0.1) is 0 Å². The molecule has 12 heavy (non-hydrogen) atoms. The monoisotopic (exact) mass is 200 g/mol. The fourth-order valence-electron chi connectivity index (χ4n) is 1.05. The molecule has 2 N–H and O–H groups in total. The van der Waals surface area contributed by atoms with Crippen LogP contribution in [0.3, 0.4) is 0 Å². The fourth-order valence-corrected chi connectivity index (χ4v) is 2.23. The van der Waals surface area contributed by atoms with Crippen LogP contribution in [0.25, 0.3) is 0 Å². The summed E-state index contributed by atoms with van der Waals surface area (Å²) >= 11 is 0. The minimum Gasteiger partial charge on any atom is -0.323 e. The largest absolute Gasteiger partial charge is 0.350 e. The summed E-state index contributed by atoms with van der Waals surface area (Å²) < 4.78 is 45.9. The van der Waals surface area contributed by atoms with Gasteiger partial charge in [-0.2, -0.15) is 13.1 Å². The minimum atomic E-state index is -4.39. The van der Waals surface area contributed by atoms with Crippen molar-refractivity contribution in [1.29, 1.82) is 0 Å². The Hall–Kier alpha value is -0.270. The molecule has 0 bridgehead atoms. The van der Waals surface area contributed by atoms with Crippen molar-refractivity contribution in [3.8, 4) is 0 Å². The molecule has 0 saturated carbocycles. The van der Waals surface area contributed by atoms with Crippen molar-refractivity contribution in [2.75, 3.05) is 13.1 Å². The Morgan fingerprint density at radius 1 is 1.50 bits per heavy atom. The van der Waals surface area contributed by atoms with Crippen LogP contribution in [0.2, 0.25) is 0 Å². The fraction of sp³-hybridized carbons (Fsp3) is 1.00. The minimum absolute atomic E-state index is 0.0281. The second kappa shape index (κ2) is 2.61. The molecule has 1 fully saturated rings. The van der Waals surface area contributed by atoms with Gasteiger partial charge in [-0.3, -0.25) is 0 Å². The van der Waals surface area contributed by atoms with Crippen molar-refractivity contribution < 1.29 is 17.2 Å². The molecule has 4 nitrogen and oxygen atoms in total. The van der Waals surface area contributed by atoms with Gasteiger partial charge in [0.25, 0.3) is 10.0 Å². The van der Waals surface area contributed by atoms with Crippen molar-refractivity contribution in [2.45, 2.75) is 18.2 Å². The normalized spacial score (nSPS) is 24.1. The standard InChI is InChI=1S/C5H10F2N2O2S/c1-5(8)2-9(3-5)12(10,11)4(6)7/h4H,2-3,8H2,1H3. The zero-order chi connectivity index (χ0) is 9.57. The van der Waals surface area contributed by atoms with Crippen molar-refractivity contribution in [2.24, 2.45) is 5.73 Å². The summed E-state index contributed by atoms with van der Waals surface area (Å²) in [4.78, 5) is 0. The van der Waals surface area contributed by atoms with Gasteiger partial charge in [0.15, 0.2) is 0 Å². The summed E-state index contributed by atoms with van der Waals surface area (Å²) in [5.41, 5.74) is 4.81. The van der Waals surface area contributed by atoms with Crippen LogP contribution in [0.1, 0.15) is 6.92 Å². The van der Waals surface area contributed by atoms with E-state index in [1.54, 1.807) is 6.92 Å². The Kier molecular flexibility index (Phi) is 2.13. The number of rotatable bonds is 2. The van der Waals surface area contributed by atoms with Gasteiger partial charge in [0.05, 0.1) is 0 Å². The molecule has 1 saturated heterocycles. The molecule has 1 aliphatic rings. The third-order valence-corrected chi connectivity index (χ3v) is 3.09. The van der Waals surface area contributed by atoms with E-state index in [1.807, 2.05) is 0 Å². The molecule has 0 aromatic carbocycles. The maximum Gasteiger partial charge on any atom is 0.350 e. The zero-order valence-electron chi connectivity index (χ0n) is 6.50. The molecule has 72 valence electrons. The van der Waals surface area contributed by atoms with Crippen LogP contribution in [-0.2, 0) is 10.0 Å². The number of nitrogens with zero attached hydrogens (tertiary/aromatic N) is 1. The predicted molar refractivity (Wildman–Crippen MR) is 39.1 cm³/mol. The molecule has 0 aliphatic carbocycles. The van der Waals surface area contributed by atoms with Crippen LogP contribution >= 0.6 is 0 Å². The van der Waals surface area contributed by atoms with Crippen LogP contribution in [-0.4, -0.2) is 37.1 Å². The summed E-state index contributed by atoms with van der Waals surface area (Å²) in [6.45, 7) is 1.56. The molecular formula is C5H10F2N2O2S. The summed E-state index contributed by atoms with van der Waals surface area (Å²) in [5.74, 6) is -3.34. The smallest absolute Gasteiger partial charge is 0.323 e. The lowest BCUT2D eigenvalue weighted by Crippen LogP contribution is -2.67. The molecule has 0 spiro atoms. The first-order chi connectivity index (χ1) is 5.26. The van der Waals surface area contributed by atoms with E-state index in [2.05, 4.69) is 0 Å². The second-order valence-electron chi connectivity index (χ2n) is 3.23. The van der Waals surface area contributed by atoms with Crippen LogP contribution in [0.15, 0.2) is 0 Å². The Bertz CT molecular complexity index is 267. The van der Waals surface area contributed by atoms with Crippen molar-refractivity contribution in [1.82, 2.24) is 4.31 Å². The van der Waals surface area contributed by atoms with Gasteiger partial charge in [0.1, 0.15) is 0 Å². The van der Waals surface area contributed by atoms with Gasteiger partial charge in [-0.25, -0.2) is 8.42 Å². The van der Waals surface area contributed by atoms with E-state index in [0.717, 1.165) is 0 Å². The third-order valence-electron chi connectivity index (χ3n) is 1.66. The highest BCUT2D eigenvalue weighted by atomic mass is 32.2. The Morgan fingerprint density at radius 2 is 1.92 bits per heavy atom. The van der Waals surface area contributed by atoms with Crippen LogP contribution < -0.4 is 5.73 Å². The lowest BCUT2D eigenvalue weighted by Gasteiger charge is -2.43. The third kappa shape index (κ3) is 1.57. The molecule has 0 amide bonds. The summed E-state index contributed by atoms with van der Waals surface area (Å²) in [5, 5.41) is 0. The number of alkyl halides is 2. The Balaban J connectivity index is 2.65. The first kappa shape index (κ1) is 9.82. The average Bonchev–Trinajstić information content (AvgIpc) is 1.82. The molecule has 1 heterocycles. The number of halogens is 2. The topological polar surface area (TPSA) is 63.4 Å². The van der Waals surface area contributed by atoms with Crippen LogP contribution in [0.5, 0.6) is 0 Å². The maximum atomic E-state index is 11.9. The number of sulfonamides is 1. The van der Waals surface area contributed by atoms with E-state index in [0.29, 0.717) is 4.31 Å². The van der Waals surface area contributed by atoms with Gasteiger partial charge in [-0.05, 0) is 6.92 Å². The van der Waals surface area contributed by atoms with E-state index in [-0.39, 0.29) is 13.1 Å². The average molecular weight is 200 g/mol. The lowest BCUT2D eigenvalue weighted by molar-refractivity contribution is 0.150. The molecule has 1 rings (SSSR count). The molecule has 0 radical (unpaired) electrons. The highest BCUT2D eigenvalue weighted by Crippen LogP contribution is 2.24. The summed E-state index contributed by atoms with van der Waals surface area (Å²) in [7, 11) is -4.39. The number of hydrogen-bond acceptors (Lipinski definition) is 3. The quantitative estimate of drug-likeness (QED) is 0.658. The van der Waals surface area contributed by atoms with E-state index in [4.69, 9.17) is 5.73 Å². The number of hydrogen-bond donors (Lipinski definition) is 1. The van der Waals surface area contributed by atoms with Gasteiger partial charge in [-0.1, -0.05) is 0 Å². The highest BCUT2D eigenvalue weighted by Gasteiger charge is 2.45. The van der Waals surface area contributed by atoms with Gasteiger partial charge in [0, 0.05) is 18.6 Å². The molecular weight excluding hydrogens is 190 g/mol. The molecule has 0 aromatic heterocycles. The summed E-state index contributed by atoms with van der Waals surface area (Å²) in [6.07, 6.45) is 0. The summed E-state index contributed by atoms with van der Waals surface area (Å²) in [6, 6.07) is 0. The predicted octanol–water partition coefficient (Wildman–Crippen LogP) is -0.428. The molecule has 7 heteroatoms. The molecule has 0 atom stereocenters. The van der Waals surface area contributed by atoms with E-state index in [1.165, 1.54) is 0 Å². The number of nitrogens with two attached hydrogens (primary N) is 1. The van der Waals surface area contributed by atoms with Crippen LogP contribution in [0.4, 0.5) is 8.78 Å². The Morgan fingerprint density at radius 3 is 2.17 bits per heavy atom. The van der Waals surface area contributed by atoms with E-state index < -0.39 is 21.3 Å². The molecule has 0 aromatic rings. The first-order valence-corrected chi connectivity index (χ1v) is 4.82. The van der Waals surface area contributed by atoms with E-state index >= 15 is 0 Å². The molecule has 0 unspecified atom stereocenters. The SMILES string of the molecule is CC1(N)CN(S(=O)(=O)C(F)F)C1. The van der Waals surface area contributed by atoms with Gasteiger partial charge >= 0.3 is 5.76 Å². The van der Waals surface area contributed by atoms with Crippen molar-refractivity contribution >= 4 is 10.0 Å². The van der Waals surface area contributed by atoms with Crippen molar-refractivity contribution in [3.05, 3.63) is 0 Å². The first-order valence-electron chi connectivity index (χ1n) is 3.32. The lowest BCUT2D eigenvalue weighted by atomic mass is 9.97. The van der Waals surface area contributed by atoms with Crippen molar-refractivity contribution in [3.63, 3.8) is 0 Å². The second-order valence-corrected chi connectivity index (χ2v) is 5.13. The Labute approximate surface area is 69.4 Å². The molecule has 1 aliphatic heterocycles. The van der Waals surface area contributed by atoms with Gasteiger partial charge in [-0.15, -0.1) is 0 Å². The van der Waals surface area contributed by atoms with Gasteiger partial charge < -0.3 is 5.73 Å². The zero-order valence-corrected chi connectivity index (χ0v) is 7.31.